The van der Waals surface area contributed by atoms with E-state index < -0.39 is 48.6 Å². The van der Waals surface area contributed by atoms with Gasteiger partial charge in [-0.25, -0.2) is 4.98 Å². The van der Waals surface area contributed by atoms with Gasteiger partial charge in [0.05, 0.1) is 0 Å². The predicted octanol–water partition coefficient (Wildman–Crippen LogP) is 4.89. The zero-order valence-electron chi connectivity index (χ0n) is 13.4. The molecule has 154 valence electrons. The fourth-order valence-electron chi connectivity index (χ4n) is 2.00. The van der Waals surface area contributed by atoms with Crippen LogP contribution in [0.1, 0.15) is 23.6 Å². The SMILES string of the molecule is N=C(c1n[nH]c(C(F)(F)F)n1)c1ccc(Cl)cc1NCCC(F)(F)C(F)(F)F. The number of nitrogens with zero attached hydrogens (tertiary/aromatic N) is 2. The van der Waals surface area contributed by atoms with E-state index in [1.165, 1.54) is 12.1 Å². The molecule has 0 radical (unpaired) electrons. The summed E-state index contributed by atoms with van der Waals surface area (Å²) in [6.45, 7) is -0.852. The lowest BCUT2D eigenvalue weighted by atomic mass is 10.1. The molecule has 0 fully saturated rings. The third-order valence-corrected chi connectivity index (χ3v) is 3.63. The van der Waals surface area contributed by atoms with Crippen LogP contribution in [0.5, 0.6) is 0 Å². The maximum atomic E-state index is 13.0. The molecule has 0 amide bonds. The van der Waals surface area contributed by atoms with E-state index >= 15 is 0 Å². The van der Waals surface area contributed by atoms with Crippen LogP contribution in [0, 0.1) is 5.41 Å². The van der Waals surface area contributed by atoms with Gasteiger partial charge in [0.2, 0.25) is 5.82 Å². The minimum atomic E-state index is -5.73. The molecule has 0 saturated heterocycles. The molecule has 1 aromatic carbocycles. The number of hydrogen-bond donors (Lipinski definition) is 3. The van der Waals surface area contributed by atoms with E-state index in [1.54, 1.807) is 5.10 Å². The molecule has 28 heavy (non-hydrogen) atoms. The van der Waals surface area contributed by atoms with Crippen molar-refractivity contribution in [2.45, 2.75) is 24.7 Å². The third-order valence-electron chi connectivity index (χ3n) is 3.40. The van der Waals surface area contributed by atoms with Crippen LogP contribution in [-0.4, -0.2) is 39.5 Å². The molecule has 0 spiro atoms. The monoisotopic (exact) mass is 435 g/mol. The average Bonchev–Trinajstić information content (AvgIpc) is 3.03. The number of hydrogen-bond acceptors (Lipinski definition) is 4. The van der Waals surface area contributed by atoms with Crippen LogP contribution in [0.15, 0.2) is 18.2 Å². The van der Waals surface area contributed by atoms with Gasteiger partial charge in [-0.2, -0.15) is 40.2 Å². The van der Waals surface area contributed by atoms with Crippen molar-refractivity contribution in [2.24, 2.45) is 0 Å². The van der Waals surface area contributed by atoms with Crippen molar-refractivity contribution in [1.29, 1.82) is 5.41 Å². The number of nitrogens with one attached hydrogen (secondary N) is 3. The Morgan fingerprint density at radius 3 is 2.29 bits per heavy atom. The minimum absolute atomic E-state index is 0.0487. The topological polar surface area (TPSA) is 77.5 Å². The molecule has 5 nitrogen and oxygen atoms in total. The van der Waals surface area contributed by atoms with Gasteiger partial charge in [-0.3, -0.25) is 10.5 Å². The number of halogens is 9. The van der Waals surface area contributed by atoms with Crippen molar-refractivity contribution in [1.82, 2.24) is 15.2 Å². The molecule has 3 N–H and O–H groups in total. The van der Waals surface area contributed by atoms with Gasteiger partial charge in [-0.1, -0.05) is 11.6 Å². The summed E-state index contributed by atoms with van der Waals surface area (Å²) in [6.07, 6.45) is -12.2. The second kappa shape index (κ2) is 7.53. The highest BCUT2D eigenvalue weighted by Crippen LogP contribution is 2.38. The van der Waals surface area contributed by atoms with E-state index in [0.29, 0.717) is 0 Å². The first kappa shape index (κ1) is 21.9. The lowest BCUT2D eigenvalue weighted by Crippen LogP contribution is -2.38. The number of aromatic amines is 1. The predicted molar refractivity (Wildman–Crippen MR) is 82.9 cm³/mol. The van der Waals surface area contributed by atoms with E-state index in [0.717, 1.165) is 6.07 Å². The summed E-state index contributed by atoms with van der Waals surface area (Å²) in [5.41, 5.74) is -0.921. The Morgan fingerprint density at radius 2 is 1.75 bits per heavy atom. The first-order chi connectivity index (χ1) is 12.7. The summed E-state index contributed by atoms with van der Waals surface area (Å²) in [4.78, 5) is 3.13. The van der Waals surface area contributed by atoms with Crippen LogP contribution in [0.2, 0.25) is 5.02 Å². The fourth-order valence-corrected chi connectivity index (χ4v) is 2.17. The highest BCUT2D eigenvalue weighted by atomic mass is 35.5. The average molecular weight is 436 g/mol. The van der Waals surface area contributed by atoms with Gasteiger partial charge >= 0.3 is 18.3 Å². The van der Waals surface area contributed by atoms with Gasteiger partial charge in [0.1, 0.15) is 5.71 Å². The van der Waals surface area contributed by atoms with Gasteiger partial charge in [0.25, 0.3) is 0 Å². The second-order valence-electron chi connectivity index (χ2n) is 5.45. The van der Waals surface area contributed by atoms with E-state index in [2.05, 4.69) is 15.4 Å². The largest absolute Gasteiger partial charge is 0.453 e. The van der Waals surface area contributed by atoms with Crippen molar-refractivity contribution >= 4 is 23.0 Å². The Labute approximate surface area is 156 Å². The zero-order valence-corrected chi connectivity index (χ0v) is 14.2. The Bertz CT molecular complexity index is 858. The molecular formula is C14H10ClF8N5. The number of H-pyrrole nitrogens is 1. The molecule has 2 rings (SSSR count). The van der Waals surface area contributed by atoms with Crippen LogP contribution in [-0.2, 0) is 6.18 Å². The van der Waals surface area contributed by atoms with Gasteiger partial charge in [0, 0.05) is 29.2 Å². The highest BCUT2D eigenvalue weighted by molar-refractivity contribution is 6.31. The molecule has 2 aromatic rings. The lowest BCUT2D eigenvalue weighted by molar-refractivity contribution is -0.283. The van der Waals surface area contributed by atoms with E-state index in [4.69, 9.17) is 17.0 Å². The summed E-state index contributed by atoms with van der Waals surface area (Å²) in [5.74, 6) is -7.06. The quantitative estimate of drug-likeness (QED) is 0.446. The fraction of sp³-hybridized carbons (Fsp3) is 0.357. The highest BCUT2D eigenvalue weighted by Gasteiger charge is 2.56. The zero-order chi connectivity index (χ0) is 21.3. The first-order valence-corrected chi connectivity index (χ1v) is 7.67. The first-order valence-electron chi connectivity index (χ1n) is 7.29. The Kier molecular flexibility index (Phi) is 5.87. The van der Waals surface area contributed by atoms with Gasteiger partial charge in [0.15, 0.2) is 5.82 Å². The number of rotatable bonds is 6. The molecule has 0 atom stereocenters. The van der Waals surface area contributed by atoms with Crippen molar-refractivity contribution < 1.29 is 35.1 Å². The number of alkyl halides is 8. The summed E-state index contributed by atoms with van der Waals surface area (Å²) in [6, 6.07) is 3.53. The summed E-state index contributed by atoms with van der Waals surface area (Å²) in [5, 5.41) is 15.1. The maximum absolute atomic E-state index is 13.0. The molecular weight excluding hydrogens is 426 g/mol. The van der Waals surface area contributed by atoms with Crippen molar-refractivity contribution in [2.75, 3.05) is 11.9 Å². The van der Waals surface area contributed by atoms with Gasteiger partial charge < -0.3 is 5.32 Å². The molecule has 1 aromatic heterocycles. The van der Waals surface area contributed by atoms with Crippen LogP contribution in [0.3, 0.4) is 0 Å². The molecule has 0 bridgehead atoms. The standard InChI is InChI=1S/C14H10ClF8N5/c15-6-1-2-7(9(24)10-26-11(28-27-10)13(18,19)20)8(5-6)25-4-3-12(16,17)14(21,22)23/h1-2,5,24-25H,3-4H2,(H,26,27,28). The van der Waals surface area contributed by atoms with Crippen molar-refractivity contribution in [3.63, 3.8) is 0 Å². The Hall–Kier alpha value is -2.44. The van der Waals surface area contributed by atoms with E-state index in [1.807, 2.05) is 0 Å². The van der Waals surface area contributed by atoms with Gasteiger partial charge in [-0.05, 0) is 18.2 Å². The maximum Gasteiger partial charge on any atom is 0.453 e. The summed E-state index contributed by atoms with van der Waals surface area (Å²) < 4.78 is 100. The van der Waals surface area contributed by atoms with Crippen molar-refractivity contribution in [3.05, 3.63) is 40.4 Å². The molecule has 0 aliphatic rings. The Morgan fingerprint density at radius 1 is 1.11 bits per heavy atom. The van der Waals surface area contributed by atoms with Crippen LogP contribution in [0.4, 0.5) is 40.8 Å². The molecule has 0 aliphatic heterocycles. The molecule has 0 saturated carbocycles. The molecule has 14 heteroatoms. The van der Waals surface area contributed by atoms with Crippen molar-refractivity contribution in [3.8, 4) is 0 Å². The molecule has 1 heterocycles. The summed E-state index contributed by atoms with van der Waals surface area (Å²) in [7, 11) is 0. The van der Waals surface area contributed by atoms with Crippen LogP contribution >= 0.6 is 11.6 Å². The Balaban J connectivity index is 2.22. The second-order valence-corrected chi connectivity index (χ2v) is 5.89. The number of anilines is 1. The number of benzene rings is 1. The molecule has 0 aliphatic carbocycles. The van der Waals surface area contributed by atoms with Crippen LogP contribution < -0.4 is 5.32 Å². The number of aromatic nitrogens is 3. The normalized spacial score (nSPS) is 12.9. The lowest BCUT2D eigenvalue weighted by Gasteiger charge is -2.20. The minimum Gasteiger partial charge on any atom is -0.384 e. The van der Waals surface area contributed by atoms with Gasteiger partial charge in [-0.15, -0.1) is 0 Å². The van der Waals surface area contributed by atoms with E-state index in [-0.39, 0.29) is 16.3 Å². The van der Waals surface area contributed by atoms with E-state index in [9.17, 15) is 35.1 Å². The molecule has 0 unspecified atom stereocenters. The third kappa shape index (κ3) is 4.88. The summed E-state index contributed by atoms with van der Waals surface area (Å²) >= 11 is 5.75. The smallest absolute Gasteiger partial charge is 0.384 e. The van der Waals surface area contributed by atoms with Crippen LogP contribution in [0.25, 0.3) is 0 Å².